The van der Waals surface area contributed by atoms with Gasteiger partial charge in [0.05, 0.1) is 30.2 Å². The van der Waals surface area contributed by atoms with Gasteiger partial charge in [-0.25, -0.2) is 4.68 Å². The molecule has 184 valence electrons. The van der Waals surface area contributed by atoms with Crippen molar-refractivity contribution in [2.45, 2.75) is 66.3 Å². The molecule has 2 aromatic rings. The van der Waals surface area contributed by atoms with Crippen LogP contribution in [0, 0.1) is 45.0 Å². The Morgan fingerprint density at radius 1 is 1.26 bits per heavy atom. The molecule has 0 radical (unpaired) electrons. The van der Waals surface area contributed by atoms with Gasteiger partial charge in [0.15, 0.2) is 0 Å². The average Bonchev–Trinajstić information content (AvgIpc) is 3.16. The molecule has 1 aliphatic rings. The number of allylic oxidation sites excluding steroid dienone is 3. The molecule has 0 unspecified atom stereocenters. The van der Waals surface area contributed by atoms with Crippen molar-refractivity contribution in [3.05, 3.63) is 58.2 Å². The van der Waals surface area contributed by atoms with Gasteiger partial charge in [-0.05, 0) is 41.0 Å². The summed E-state index contributed by atoms with van der Waals surface area (Å²) >= 11 is 0. The summed E-state index contributed by atoms with van der Waals surface area (Å²) in [6.45, 7) is 16.3. The fourth-order valence-electron chi connectivity index (χ4n) is 4.26. The first-order chi connectivity index (χ1) is 15.6. The third-order valence-corrected chi connectivity index (χ3v) is 5.93. The van der Waals surface area contributed by atoms with E-state index >= 15 is 0 Å². The molecule has 2 aromatic heterocycles. The second kappa shape index (κ2) is 12.3. The number of ether oxygens (including phenoxy) is 1. The summed E-state index contributed by atoms with van der Waals surface area (Å²) in [5, 5.41) is 18.8. The maximum absolute atomic E-state index is 9.58. The molecule has 0 amide bonds. The molecule has 8 nitrogen and oxygen atoms in total. The van der Waals surface area contributed by atoms with E-state index in [1.54, 1.807) is 10.8 Å². The number of fused-ring (bicyclic) bond motifs is 2. The number of rotatable bonds is 3. The van der Waals surface area contributed by atoms with Crippen LogP contribution in [-0.4, -0.2) is 54.9 Å². The fourth-order valence-corrected chi connectivity index (χ4v) is 4.26. The first kappa shape index (κ1) is 28.4. The Hall–Kier alpha value is -1.79. The summed E-state index contributed by atoms with van der Waals surface area (Å²) in [6.07, 6.45) is 6.43. The third kappa shape index (κ3) is 6.45. The number of aromatic nitrogens is 4. The standard InChI is InChI=1S/C25H37N6O2.U/c1-16(2)30-14-18(4)33-25-24(20(6)27-29(25)7)22(26)13-17(3)9-8-10-21-19(5)28-31(11-12-32)23(21)15-30;/h8,10,13,16,18,26,32H,3,9,11-12,14-15H2,1-2,4-7H3;/q-1;/b10-8+,22-13-;/t18-;/m1./s1. The topological polar surface area (TPSA) is 92.1 Å². The minimum atomic E-state index is -0.128. The summed E-state index contributed by atoms with van der Waals surface area (Å²) in [5.41, 5.74) is 14.4. The van der Waals surface area contributed by atoms with Crippen LogP contribution < -0.4 is 4.74 Å². The van der Waals surface area contributed by atoms with E-state index in [1.165, 1.54) is 0 Å². The number of aryl methyl sites for hydroxylation is 3. The zero-order chi connectivity index (χ0) is 24.3. The molecule has 0 spiro atoms. The van der Waals surface area contributed by atoms with E-state index in [4.69, 9.17) is 10.5 Å². The Kier molecular flexibility index (Phi) is 10.3. The van der Waals surface area contributed by atoms with E-state index in [1.807, 2.05) is 32.5 Å². The number of hydrogen-bond donors (Lipinski definition) is 1. The average molecular weight is 692 g/mol. The molecule has 1 atom stereocenters. The van der Waals surface area contributed by atoms with Crippen LogP contribution in [0.3, 0.4) is 0 Å². The second-order valence-electron chi connectivity index (χ2n) is 9.06. The van der Waals surface area contributed by atoms with Crippen LogP contribution in [0.1, 0.15) is 55.4 Å². The van der Waals surface area contributed by atoms with Gasteiger partial charge in [0, 0.05) is 68.4 Å². The monoisotopic (exact) mass is 691 g/mol. The minimum absolute atomic E-state index is 0. The van der Waals surface area contributed by atoms with Crippen LogP contribution in [0.15, 0.2) is 24.3 Å². The number of aliphatic hydroxyl groups excluding tert-OH is 1. The van der Waals surface area contributed by atoms with Crippen LogP contribution in [0.5, 0.6) is 5.88 Å². The zero-order valence-corrected chi connectivity index (χ0v) is 25.4. The Morgan fingerprint density at radius 2 is 1.97 bits per heavy atom. The van der Waals surface area contributed by atoms with Gasteiger partial charge in [-0.3, -0.25) is 9.58 Å². The van der Waals surface area contributed by atoms with Gasteiger partial charge in [-0.15, -0.1) is 5.70 Å². The van der Waals surface area contributed by atoms with E-state index in [0.29, 0.717) is 43.2 Å². The summed E-state index contributed by atoms with van der Waals surface area (Å²) in [4.78, 5) is 2.35. The quantitative estimate of drug-likeness (QED) is 0.520. The zero-order valence-electron chi connectivity index (χ0n) is 21.2. The predicted octanol–water partition coefficient (Wildman–Crippen LogP) is 4.27. The molecule has 0 aromatic carbocycles. The van der Waals surface area contributed by atoms with Crippen molar-refractivity contribution in [1.82, 2.24) is 24.5 Å². The molecule has 0 saturated carbocycles. The van der Waals surface area contributed by atoms with Crippen molar-refractivity contribution in [3.8, 4) is 5.88 Å². The van der Waals surface area contributed by atoms with E-state index in [-0.39, 0.29) is 49.9 Å². The molecule has 34 heavy (non-hydrogen) atoms. The van der Waals surface area contributed by atoms with Gasteiger partial charge < -0.3 is 15.6 Å². The summed E-state index contributed by atoms with van der Waals surface area (Å²) < 4.78 is 9.99. The predicted molar refractivity (Wildman–Crippen MR) is 133 cm³/mol. The van der Waals surface area contributed by atoms with Gasteiger partial charge in [0.1, 0.15) is 6.10 Å². The van der Waals surface area contributed by atoms with Gasteiger partial charge in [0.25, 0.3) is 0 Å². The Morgan fingerprint density at radius 3 is 2.62 bits per heavy atom. The smallest absolute Gasteiger partial charge is 0.218 e. The van der Waals surface area contributed by atoms with E-state index in [0.717, 1.165) is 28.2 Å². The van der Waals surface area contributed by atoms with Crippen molar-refractivity contribution in [2.75, 3.05) is 13.2 Å². The fraction of sp³-hybridized carbons (Fsp3) is 0.520. The van der Waals surface area contributed by atoms with Crippen molar-refractivity contribution in [1.29, 1.82) is 0 Å². The number of aliphatic hydroxyl groups is 1. The largest absolute Gasteiger partial charge is 0.698 e. The van der Waals surface area contributed by atoms with Gasteiger partial charge in [-0.2, -0.15) is 10.2 Å². The minimum Gasteiger partial charge on any atom is -0.698 e. The maximum Gasteiger partial charge on any atom is 0.218 e. The molecule has 9 heteroatoms. The Labute approximate surface area is 226 Å². The first-order valence-corrected chi connectivity index (χ1v) is 11.5. The molecular formula is C25H37N6O2U-. The molecule has 3 heterocycles. The van der Waals surface area contributed by atoms with E-state index < -0.39 is 0 Å². The van der Waals surface area contributed by atoms with Crippen LogP contribution in [-0.2, 0) is 20.1 Å². The normalized spacial score (nSPS) is 20.3. The summed E-state index contributed by atoms with van der Waals surface area (Å²) in [5.74, 6) is 0.602. The van der Waals surface area contributed by atoms with Crippen LogP contribution in [0.25, 0.3) is 17.5 Å². The molecule has 0 saturated heterocycles. The second-order valence-corrected chi connectivity index (χ2v) is 9.06. The molecule has 2 N–H and O–H groups in total. The SMILES string of the molecule is C=C1/C=C(\[NH-])c2c(C)nn(C)c2O[C@H](C)CN(C(C)C)Cc2c(c(C)nn2CCO)/C=C/C1.[U]. The Balaban J connectivity index is 0.00000408. The molecule has 0 bridgehead atoms. The maximum atomic E-state index is 9.58. The Bertz CT molecular complexity index is 1070. The van der Waals surface area contributed by atoms with Crippen molar-refractivity contribution < 1.29 is 41.0 Å². The van der Waals surface area contributed by atoms with Crippen molar-refractivity contribution in [3.63, 3.8) is 0 Å². The molecule has 0 aliphatic carbocycles. The number of nitrogens with one attached hydrogen (secondary N) is 1. The third-order valence-electron chi connectivity index (χ3n) is 5.93. The number of hydrogen-bond acceptors (Lipinski definition) is 5. The first-order valence-electron chi connectivity index (χ1n) is 11.5. The van der Waals surface area contributed by atoms with E-state index in [9.17, 15) is 5.11 Å². The van der Waals surface area contributed by atoms with Gasteiger partial charge in [-0.1, -0.05) is 30.4 Å². The van der Waals surface area contributed by atoms with Crippen molar-refractivity contribution >= 4 is 11.8 Å². The summed E-state index contributed by atoms with van der Waals surface area (Å²) in [6, 6.07) is 0.278. The molecular weight excluding hydrogens is 654 g/mol. The van der Waals surface area contributed by atoms with Crippen LogP contribution in [0.2, 0.25) is 0 Å². The van der Waals surface area contributed by atoms with E-state index in [2.05, 4.69) is 47.7 Å². The van der Waals surface area contributed by atoms with Crippen LogP contribution >= 0.6 is 0 Å². The van der Waals surface area contributed by atoms with Crippen molar-refractivity contribution in [2.24, 2.45) is 7.05 Å². The molecule has 1 aliphatic heterocycles. The van der Waals surface area contributed by atoms with Crippen LogP contribution in [0.4, 0.5) is 0 Å². The summed E-state index contributed by atoms with van der Waals surface area (Å²) in [7, 11) is 1.85. The number of nitrogens with zero attached hydrogens (tertiary/aromatic N) is 5. The van der Waals surface area contributed by atoms with Gasteiger partial charge >= 0.3 is 0 Å². The molecule has 3 rings (SSSR count). The molecule has 0 fully saturated rings. The van der Waals surface area contributed by atoms with Gasteiger partial charge in [0.2, 0.25) is 5.88 Å².